The zero-order chi connectivity index (χ0) is 21.5. The molecule has 0 fully saturated rings. The summed E-state index contributed by atoms with van der Waals surface area (Å²) in [5.41, 5.74) is 4.40. The van der Waals surface area contributed by atoms with E-state index in [9.17, 15) is 5.11 Å². The molecule has 5 rings (SSSR count). The maximum atomic E-state index is 9.55. The third-order valence-corrected chi connectivity index (χ3v) is 5.16. The van der Waals surface area contributed by atoms with E-state index in [2.05, 4.69) is 25.0 Å². The van der Waals surface area contributed by atoms with Crippen LogP contribution in [0.2, 0.25) is 5.02 Å². The number of halogens is 1. The predicted molar refractivity (Wildman–Crippen MR) is 118 cm³/mol. The summed E-state index contributed by atoms with van der Waals surface area (Å²) in [4.78, 5) is 16.8. The lowest BCUT2D eigenvalue weighted by molar-refractivity contribution is 0.168. The Morgan fingerprint density at radius 3 is 2.84 bits per heavy atom. The van der Waals surface area contributed by atoms with Gasteiger partial charge in [-0.05, 0) is 38.1 Å². The van der Waals surface area contributed by atoms with Crippen molar-refractivity contribution in [2.75, 3.05) is 0 Å². The van der Waals surface area contributed by atoms with Gasteiger partial charge in [0.15, 0.2) is 0 Å². The van der Waals surface area contributed by atoms with Gasteiger partial charge < -0.3 is 14.8 Å². The topological polar surface area (TPSA) is 102 Å². The fraction of sp³-hybridized carbons (Fsp3) is 0.182. The number of aromatic nitrogens is 6. The van der Waals surface area contributed by atoms with Crippen LogP contribution in [0.1, 0.15) is 12.7 Å². The van der Waals surface area contributed by atoms with Crippen LogP contribution in [-0.2, 0) is 6.54 Å². The zero-order valence-electron chi connectivity index (χ0n) is 16.9. The van der Waals surface area contributed by atoms with Crippen LogP contribution in [0.5, 0.6) is 11.5 Å². The van der Waals surface area contributed by atoms with Crippen LogP contribution in [0, 0.1) is 6.92 Å². The molecule has 1 atom stereocenters. The van der Waals surface area contributed by atoms with Crippen molar-refractivity contribution in [3.8, 4) is 22.8 Å². The molecule has 0 aliphatic heterocycles. The molecule has 2 N–H and O–H groups in total. The molecule has 3 aromatic heterocycles. The molecule has 1 unspecified atom stereocenters. The first-order chi connectivity index (χ1) is 15.0. The van der Waals surface area contributed by atoms with Crippen LogP contribution in [0.3, 0.4) is 0 Å². The molecular weight excluding hydrogens is 416 g/mol. The molecule has 0 saturated heterocycles. The van der Waals surface area contributed by atoms with Crippen molar-refractivity contribution in [1.82, 2.24) is 29.7 Å². The van der Waals surface area contributed by atoms with Crippen molar-refractivity contribution >= 4 is 33.7 Å². The van der Waals surface area contributed by atoms with E-state index in [1.807, 2.05) is 37.4 Å². The highest BCUT2D eigenvalue weighted by Gasteiger charge is 2.13. The molecule has 8 nitrogen and oxygen atoms in total. The summed E-state index contributed by atoms with van der Waals surface area (Å²) in [6.07, 6.45) is 4.69. The lowest BCUT2D eigenvalue weighted by atomic mass is 10.2. The molecule has 31 heavy (non-hydrogen) atoms. The number of H-pyrrole nitrogens is 1. The maximum Gasteiger partial charge on any atom is 0.148 e. The van der Waals surface area contributed by atoms with Crippen LogP contribution in [0.25, 0.3) is 33.3 Å². The molecule has 9 heteroatoms. The average Bonchev–Trinajstić information content (AvgIpc) is 3.34. The van der Waals surface area contributed by atoms with Gasteiger partial charge in [0.25, 0.3) is 0 Å². The quantitative estimate of drug-likeness (QED) is 0.422. The minimum atomic E-state index is -0.491. The number of aromatic amines is 1. The van der Waals surface area contributed by atoms with E-state index >= 15 is 0 Å². The van der Waals surface area contributed by atoms with E-state index in [1.54, 1.807) is 30.1 Å². The summed E-state index contributed by atoms with van der Waals surface area (Å²) in [7, 11) is 0. The van der Waals surface area contributed by atoms with Crippen molar-refractivity contribution in [3.05, 3.63) is 59.8 Å². The van der Waals surface area contributed by atoms with E-state index in [4.69, 9.17) is 16.3 Å². The normalized spacial score (nSPS) is 12.5. The van der Waals surface area contributed by atoms with Crippen molar-refractivity contribution in [1.29, 1.82) is 0 Å². The number of benzene rings is 2. The van der Waals surface area contributed by atoms with Gasteiger partial charge in [0.1, 0.15) is 27.9 Å². The highest BCUT2D eigenvalue weighted by atomic mass is 35.5. The molecule has 0 radical (unpaired) electrons. The molecule has 156 valence electrons. The Balaban J connectivity index is 1.49. The molecule has 2 aromatic carbocycles. The van der Waals surface area contributed by atoms with Crippen LogP contribution < -0.4 is 4.74 Å². The highest BCUT2D eigenvalue weighted by molar-refractivity contribution is 6.36. The van der Waals surface area contributed by atoms with Gasteiger partial charge in [-0.25, -0.2) is 9.97 Å². The SMILES string of the molecule is Cc1nc2ccc(Oc3ccc4ncc(-c5cnn(CC(C)O)c5)nc4c3Cl)cc2[nH]1. The number of aliphatic hydroxyl groups excluding tert-OH is 1. The average molecular weight is 435 g/mol. The highest BCUT2D eigenvalue weighted by Crippen LogP contribution is 2.35. The van der Waals surface area contributed by atoms with Gasteiger partial charge in [-0.15, -0.1) is 0 Å². The minimum absolute atomic E-state index is 0.379. The molecule has 0 aliphatic rings. The van der Waals surface area contributed by atoms with Crippen LogP contribution in [0.15, 0.2) is 48.9 Å². The molecule has 3 heterocycles. The monoisotopic (exact) mass is 434 g/mol. The Morgan fingerprint density at radius 2 is 2.00 bits per heavy atom. The Morgan fingerprint density at radius 1 is 1.16 bits per heavy atom. The summed E-state index contributed by atoms with van der Waals surface area (Å²) in [5.74, 6) is 1.97. The van der Waals surface area contributed by atoms with Gasteiger partial charge in [0.2, 0.25) is 0 Å². The first-order valence-corrected chi connectivity index (χ1v) is 10.1. The van der Waals surface area contributed by atoms with Gasteiger partial charge in [-0.2, -0.15) is 5.10 Å². The first-order valence-electron chi connectivity index (χ1n) is 9.76. The molecule has 0 spiro atoms. The summed E-state index contributed by atoms with van der Waals surface area (Å²) in [6.45, 7) is 4.02. The smallest absolute Gasteiger partial charge is 0.148 e. The maximum absolute atomic E-state index is 9.55. The van der Waals surface area contributed by atoms with E-state index < -0.39 is 6.10 Å². The lowest BCUT2D eigenvalue weighted by Crippen LogP contribution is -2.11. The van der Waals surface area contributed by atoms with E-state index in [0.717, 1.165) is 22.4 Å². The standard InChI is InChI=1S/C22H19ClN6O2/c1-12(30)10-29-11-14(8-25-29)19-9-24-17-5-6-20(21(23)22(17)28-19)31-15-3-4-16-18(7-15)27-13(2)26-16/h3-9,11-12,30H,10H2,1-2H3,(H,26,27). The zero-order valence-corrected chi connectivity index (χ0v) is 17.6. The summed E-state index contributed by atoms with van der Waals surface area (Å²) >= 11 is 6.65. The number of aryl methyl sites for hydroxylation is 1. The molecular formula is C22H19ClN6O2. The predicted octanol–water partition coefficient (Wildman–Crippen LogP) is 4.50. The van der Waals surface area contributed by atoms with Gasteiger partial charge >= 0.3 is 0 Å². The lowest BCUT2D eigenvalue weighted by Gasteiger charge is -2.10. The molecule has 5 aromatic rings. The van der Waals surface area contributed by atoms with E-state index in [-0.39, 0.29) is 0 Å². The molecule has 0 saturated carbocycles. The second kappa shape index (κ2) is 7.64. The van der Waals surface area contributed by atoms with Crippen LogP contribution in [0.4, 0.5) is 0 Å². The van der Waals surface area contributed by atoms with Crippen molar-refractivity contribution < 1.29 is 9.84 Å². The summed E-state index contributed by atoms with van der Waals surface area (Å²) in [6, 6.07) is 9.23. The number of rotatable bonds is 5. The van der Waals surface area contributed by atoms with Crippen LogP contribution >= 0.6 is 11.6 Å². The minimum Gasteiger partial charge on any atom is -0.456 e. The first kappa shape index (κ1) is 19.5. The van der Waals surface area contributed by atoms with Gasteiger partial charge in [0.05, 0.1) is 47.3 Å². The number of ether oxygens (including phenoxy) is 1. The molecule has 0 amide bonds. The van der Waals surface area contributed by atoms with E-state index in [0.29, 0.717) is 39.8 Å². The fourth-order valence-electron chi connectivity index (χ4n) is 3.42. The number of nitrogens with zero attached hydrogens (tertiary/aromatic N) is 5. The second-order valence-electron chi connectivity index (χ2n) is 7.40. The Labute approximate surface area is 182 Å². The molecule has 0 aliphatic carbocycles. The van der Waals surface area contributed by atoms with E-state index in [1.165, 1.54) is 0 Å². The Bertz CT molecular complexity index is 1410. The van der Waals surface area contributed by atoms with Gasteiger partial charge in [0, 0.05) is 17.8 Å². The van der Waals surface area contributed by atoms with Crippen molar-refractivity contribution in [2.24, 2.45) is 0 Å². The number of fused-ring (bicyclic) bond motifs is 2. The molecule has 0 bridgehead atoms. The number of aliphatic hydroxyl groups is 1. The van der Waals surface area contributed by atoms with Crippen LogP contribution in [-0.4, -0.2) is 40.9 Å². The second-order valence-corrected chi connectivity index (χ2v) is 7.78. The van der Waals surface area contributed by atoms with Crippen molar-refractivity contribution in [3.63, 3.8) is 0 Å². The van der Waals surface area contributed by atoms with Gasteiger partial charge in [-0.1, -0.05) is 11.6 Å². The summed E-state index contributed by atoms with van der Waals surface area (Å²) in [5, 5.41) is 14.2. The Hall–Kier alpha value is -3.49. The largest absolute Gasteiger partial charge is 0.456 e. The number of hydrogen-bond acceptors (Lipinski definition) is 6. The Kier molecular flexibility index (Phi) is 4.80. The third kappa shape index (κ3) is 3.83. The van der Waals surface area contributed by atoms with Crippen molar-refractivity contribution in [2.45, 2.75) is 26.5 Å². The number of nitrogens with one attached hydrogen (secondary N) is 1. The number of imidazole rings is 1. The van der Waals surface area contributed by atoms with Gasteiger partial charge in [-0.3, -0.25) is 9.67 Å². The summed E-state index contributed by atoms with van der Waals surface area (Å²) < 4.78 is 7.70. The third-order valence-electron chi connectivity index (χ3n) is 4.80. The fourth-order valence-corrected chi connectivity index (χ4v) is 3.66. The number of hydrogen-bond donors (Lipinski definition) is 2.